The van der Waals surface area contributed by atoms with Crippen LogP contribution in [0.2, 0.25) is 0 Å². The third-order valence-electron chi connectivity index (χ3n) is 14.8. The largest absolute Gasteiger partial charge is 0.309 e. The molecule has 11 aromatic rings. The Hall–Kier alpha value is -8.30. The Morgan fingerprint density at radius 3 is 1.35 bits per heavy atom. The monoisotopic (exact) mass is 945 g/mol. The molecule has 0 bridgehead atoms. The maximum atomic E-state index is 15.3. The van der Waals surface area contributed by atoms with Gasteiger partial charge < -0.3 is 4.57 Å². The van der Waals surface area contributed by atoms with Gasteiger partial charge >= 0.3 is 0 Å². The molecule has 1 saturated carbocycles. The molecule has 5 heteroatoms. The van der Waals surface area contributed by atoms with Crippen LogP contribution in [0.5, 0.6) is 0 Å². The fourth-order valence-electron chi connectivity index (χ4n) is 11.0. The van der Waals surface area contributed by atoms with Crippen LogP contribution < -0.4 is 15.9 Å². The normalized spacial score (nSPS) is 13.4. The van der Waals surface area contributed by atoms with E-state index in [1.54, 1.807) is 0 Å². The highest BCUT2D eigenvalue weighted by atomic mass is 31.2. The molecule has 1 aromatic heterocycles. The molecular weight excluding hydrogens is 894 g/mol. The van der Waals surface area contributed by atoms with Crippen LogP contribution in [0.15, 0.2) is 255 Å². The summed E-state index contributed by atoms with van der Waals surface area (Å²) in [5.74, 6) is 1.92. The van der Waals surface area contributed by atoms with Crippen LogP contribution in [-0.4, -0.2) is 15.0 Å². The predicted octanol–water partition coefficient (Wildman–Crippen LogP) is 15.9. The molecule has 12 rings (SSSR count). The van der Waals surface area contributed by atoms with Gasteiger partial charge in [-0.25, -0.2) is 15.0 Å². The first-order valence-corrected chi connectivity index (χ1v) is 26.8. The van der Waals surface area contributed by atoms with E-state index in [4.69, 9.17) is 15.0 Å². The second-order valence-electron chi connectivity index (χ2n) is 19.0. The quantitative estimate of drug-likeness (QED) is 0.121. The van der Waals surface area contributed by atoms with E-state index in [0.29, 0.717) is 17.5 Å². The van der Waals surface area contributed by atoms with Gasteiger partial charge in [0.15, 0.2) is 24.6 Å². The Balaban J connectivity index is 0.888. The van der Waals surface area contributed by atoms with Crippen molar-refractivity contribution in [3.8, 4) is 67.5 Å². The highest BCUT2D eigenvalue weighted by Crippen LogP contribution is 2.47. The minimum Gasteiger partial charge on any atom is -0.309 e. The van der Waals surface area contributed by atoms with Gasteiger partial charge in [-0.3, -0.25) is 0 Å². The lowest BCUT2D eigenvalue weighted by atomic mass is 9.65. The van der Waals surface area contributed by atoms with Crippen molar-refractivity contribution < 1.29 is 4.57 Å². The molecule has 1 fully saturated rings. The van der Waals surface area contributed by atoms with Crippen LogP contribution in [-0.2, 0) is 9.98 Å². The third kappa shape index (κ3) is 8.48. The van der Waals surface area contributed by atoms with E-state index in [1.165, 1.54) is 47.1 Å². The van der Waals surface area contributed by atoms with Gasteiger partial charge in [-0.2, -0.15) is 0 Å². The summed E-state index contributed by atoms with van der Waals surface area (Å²) < 4.78 is 15.3. The van der Waals surface area contributed by atoms with Crippen molar-refractivity contribution in [2.45, 2.75) is 37.5 Å². The summed E-state index contributed by atoms with van der Waals surface area (Å²) in [6.07, 6.45) is 5.72. The second kappa shape index (κ2) is 19.5. The average Bonchev–Trinajstić information content (AvgIpc) is 3.47. The van der Waals surface area contributed by atoms with Crippen LogP contribution in [0.3, 0.4) is 0 Å². The van der Waals surface area contributed by atoms with E-state index in [-0.39, 0.29) is 5.41 Å². The van der Waals surface area contributed by atoms with Gasteiger partial charge in [0.25, 0.3) is 0 Å². The molecule has 0 saturated heterocycles. The lowest BCUT2D eigenvalue weighted by Crippen LogP contribution is -2.30. The maximum Gasteiger partial charge on any atom is 0.171 e. The smallest absolute Gasteiger partial charge is 0.171 e. The van der Waals surface area contributed by atoms with Gasteiger partial charge in [-0.15, -0.1) is 0 Å². The fourth-order valence-corrected chi connectivity index (χ4v) is 13.7. The van der Waals surface area contributed by atoms with Crippen LogP contribution in [0.25, 0.3) is 78.3 Å². The number of hydrogen-bond donors (Lipinski definition) is 0. The van der Waals surface area contributed by atoms with Gasteiger partial charge in [0.05, 0.1) is 0 Å². The van der Waals surface area contributed by atoms with E-state index in [0.717, 1.165) is 72.9 Å². The van der Waals surface area contributed by atoms with Crippen LogP contribution in [0.4, 0.5) is 0 Å². The van der Waals surface area contributed by atoms with Gasteiger partial charge in [-0.05, 0) is 74.2 Å². The zero-order valence-corrected chi connectivity index (χ0v) is 40.9. The number of fused-ring (bicyclic) bond motifs is 1. The molecule has 0 unspecified atom stereocenters. The molecule has 0 aliphatic heterocycles. The zero-order valence-electron chi connectivity index (χ0n) is 40.0. The fraction of sp³-hybridized carbons (Fsp3) is 0.0896. The lowest BCUT2D eigenvalue weighted by molar-refractivity contribution is 0.346. The molecule has 10 aromatic carbocycles. The van der Waals surface area contributed by atoms with E-state index < -0.39 is 7.14 Å². The molecule has 0 spiro atoms. The van der Waals surface area contributed by atoms with Gasteiger partial charge in [0.2, 0.25) is 0 Å². The number of rotatable bonds is 11. The number of aromatic nitrogens is 3. The number of nitrogens with zero attached hydrogens (tertiary/aromatic N) is 3. The summed E-state index contributed by atoms with van der Waals surface area (Å²) >= 11 is 0. The minimum absolute atomic E-state index is 0.132. The lowest BCUT2D eigenvalue weighted by Gasteiger charge is -2.39. The molecule has 0 radical (unpaired) electrons. The maximum absolute atomic E-state index is 15.3. The Bertz CT molecular complexity index is 3670. The van der Waals surface area contributed by atoms with E-state index in [1.807, 2.05) is 72.8 Å². The molecule has 72 heavy (non-hydrogen) atoms. The molecule has 346 valence electrons. The van der Waals surface area contributed by atoms with Crippen molar-refractivity contribution in [2.24, 2.45) is 0 Å². The van der Waals surface area contributed by atoms with E-state index in [9.17, 15) is 0 Å². The third-order valence-corrected chi connectivity index (χ3v) is 17.8. The van der Waals surface area contributed by atoms with Crippen molar-refractivity contribution >= 4 is 33.8 Å². The Morgan fingerprint density at radius 1 is 0.319 bits per heavy atom. The Labute approximate surface area is 422 Å². The molecule has 4 nitrogen and oxygen atoms in total. The summed E-state index contributed by atoms with van der Waals surface area (Å²) in [6.45, 7) is 0. The Kier molecular flexibility index (Phi) is 12.1. The Morgan fingerprint density at radius 2 is 0.736 bits per heavy atom. The minimum atomic E-state index is -3.12. The summed E-state index contributed by atoms with van der Waals surface area (Å²) in [7, 11) is -3.12. The zero-order chi connectivity index (χ0) is 48.3. The molecule has 1 aliphatic carbocycles. The topological polar surface area (TPSA) is 55.7 Å². The summed E-state index contributed by atoms with van der Waals surface area (Å²) in [5, 5.41) is 4.74. The van der Waals surface area contributed by atoms with Crippen LogP contribution >= 0.6 is 7.14 Å². The average molecular weight is 946 g/mol. The van der Waals surface area contributed by atoms with Crippen molar-refractivity contribution in [1.29, 1.82) is 0 Å². The molecular formula is C67H52N3OP. The molecule has 0 amide bonds. The first-order valence-electron chi connectivity index (χ1n) is 25.1. The second-order valence-corrected chi connectivity index (χ2v) is 21.7. The van der Waals surface area contributed by atoms with Gasteiger partial charge in [-0.1, -0.05) is 268 Å². The van der Waals surface area contributed by atoms with Crippen molar-refractivity contribution in [2.75, 3.05) is 0 Å². The summed E-state index contributed by atoms with van der Waals surface area (Å²) in [5.41, 5.74) is 12.2. The molecule has 1 heterocycles. The highest BCUT2D eigenvalue weighted by molar-refractivity contribution is 7.85. The number of hydrogen-bond acceptors (Lipinski definition) is 4. The van der Waals surface area contributed by atoms with Crippen molar-refractivity contribution in [3.05, 3.63) is 266 Å². The molecule has 0 atom stereocenters. The van der Waals surface area contributed by atoms with Crippen LogP contribution in [0, 0.1) is 0 Å². The predicted molar refractivity (Wildman–Crippen MR) is 300 cm³/mol. The summed E-state index contributed by atoms with van der Waals surface area (Å²) in [4.78, 5) is 15.6. The number of benzene rings is 10. The van der Waals surface area contributed by atoms with Crippen molar-refractivity contribution in [3.63, 3.8) is 0 Å². The SMILES string of the molecule is O=P(c1ccccc1)(c1ccccc1)c1cccc(-c2ccc(C3(c4ccc(-c5nc(-c6ccc(-c7ccccc7-c7ccccc7)cc6)nc(-c6cccc7ccccc67)n5)cc4)CCCCC3)cc2)c1. The molecule has 1 aliphatic rings. The summed E-state index contributed by atoms with van der Waals surface area (Å²) in [6, 6.07) is 88.8. The standard InChI is InChI=1S/C67H52N3OP/c71-72(57-24-7-2-8-25-57,58-26-9-3-10-27-58)59-28-17-23-54(47-59)48-37-41-55(42-38-48)67(45-15-4-16-46-67)56-43-39-53(40-44-56)65-68-64(69-66(70-65)63-32-18-22-50-21-11-12-31-62(50)63)52-35-33-51(34-36-52)61-30-14-13-29-60(61)49-19-5-1-6-20-49/h1-3,5-14,17-44,47H,4,15-16,45-46H2. The van der Waals surface area contributed by atoms with E-state index >= 15 is 4.57 Å². The first-order chi connectivity index (χ1) is 35.5. The van der Waals surface area contributed by atoms with Gasteiger partial charge in [0.1, 0.15) is 0 Å². The van der Waals surface area contributed by atoms with Crippen LogP contribution in [0.1, 0.15) is 43.2 Å². The molecule has 0 N–H and O–H groups in total. The first kappa shape index (κ1) is 44.9. The van der Waals surface area contributed by atoms with Crippen molar-refractivity contribution in [1.82, 2.24) is 15.0 Å². The van der Waals surface area contributed by atoms with Gasteiger partial charge in [0, 0.05) is 38.0 Å². The highest BCUT2D eigenvalue weighted by Gasteiger charge is 2.36. The van der Waals surface area contributed by atoms with E-state index in [2.05, 4.69) is 182 Å².